The number of amides is 1. The summed E-state index contributed by atoms with van der Waals surface area (Å²) in [5.74, 6) is 0.528. The predicted octanol–water partition coefficient (Wildman–Crippen LogP) is 4.39. The van der Waals surface area contributed by atoms with Crippen LogP contribution in [0.25, 0.3) is 10.6 Å². The molecule has 0 aliphatic rings. The topological polar surface area (TPSA) is 60.5 Å². The lowest BCUT2D eigenvalue weighted by Crippen LogP contribution is -2.16. The Morgan fingerprint density at radius 2 is 2.12 bits per heavy atom. The Balaban J connectivity index is 1.64. The molecule has 136 valence electrons. The van der Waals surface area contributed by atoms with Crippen LogP contribution < -0.4 is 10.1 Å². The van der Waals surface area contributed by atoms with E-state index in [-0.39, 0.29) is 12.3 Å². The van der Waals surface area contributed by atoms with Gasteiger partial charge in [0.1, 0.15) is 17.4 Å². The summed E-state index contributed by atoms with van der Waals surface area (Å²) in [5.41, 5.74) is 3.59. The summed E-state index contributed by atoms with van der Waals surface area (Å²) < 4.78 is 10.7. The van der Waals surface area contributed by atoms with Crippen LogP contribution in [0.2, 0.25) is 0 Å². The van der Waals surface area contributed by atoms with Crippen molar-refractivity contribution in [2.75, 3.05) is 25.6 Å². The average Bonchev–Trinajstić information content (AvgIpc) is 3.29. The maximum atomic E-state index is 12.4. The van der Waals surface area contributed by atoms with Crippen molar-refractivity contribution in [1.29, 1.82) is 0 Å². The van der Waals surface area contributed by atoms with Gasteiger partial charge in [-0.25, -0.2) is 4.98 Å². The molecule has 2 heterocycles. The summed E-state index contributed by atoms with van der Waals surface area (Å²) in [5, 5.41) is 9.86. The van der Waals surface area contributed by atoms with Gasteiger partial charge >= 0.3 is 0 Å². The Kier molecular flexibility index (Phi) is 6.38. The third-order valence-electron chi connectivity index (χ3n) is 3.62. The van der Waals surface area contributed by atoms with E-state index in [4.69, 9.17) is 9.47 Å². The number of hydrogen-bond donors (Lipinski definition) is 1. The lowest BCUT2D eigenvalue weighted by atomic mass is 10.2. The van der Waals surface area contributed by atoms with Crippen LogP contribution in [0.3, 0.4) is 0 Å². The van der Waals surface area contributed by atoms with E-state index in [1.54, 1.807) is 29.8 Å². The molecule has 3 rings (SSSR count). The van der Waals surface area contributed by atoms with Crippen molar-refractivity contribution >= 4 is 34.3 Å². The monoisotopic (exact) mass is 388 g/mol. The third kappa shape index (κ3) is 4.91. The molecule has 0 aliphatic carbocycles. The van der Waals surface area contributed by atoms with E-state index >= 15 is 0 Å². The van der Waals surface area contributed by atoms with Crippen LogP contribution in [0, 0.1) is 6.92 Å². The highest BCUT2D eigenvalue weighted by atomic mass is 32.1. The summed E-state index contributed by atoms with van der Waals surface area (Å²) in [4.78, 5) is 17.0. The number of benzene rings is 1. The fourth-order valence-electron chi connectivity index (χ4n) is 2.35. The van der Waals surface area contributed by atoms with E-state index < -0.39 is 0 Å². The van der Waals surface area contributed by atoms with E-state index in [2.05, 4.69) is 15.7 Å². The molecule has 26 heavy (non-hydrogen) atoms. The van der Waals surface area contributed by atoms with Gasteiger partial charge in [0.15, 0.2) is 0 Å². The first-order valence-electron chi connectivity index (χ1n) is 8.15. The molecule has 0 saturated carbocycles. The van der Waals surface area contributed by atoms with Crippen LogP contribution in [0.5, 0.6) is 5.75 Å². The highest BCUT2D eigenvalue weighted by Gasteiger charge is 2.12. The van der Waals surface area contributed by atoms with Crippen LogP contribution in [0.15, 0.2) is 40.4 Å². The molecule has 0 radical (unpaired) electrons. The summed E-state index contributed by atoms with van der Waals surface area (Å²) in [6, 6.07) is 7.73. The van der Waals surface area contributed by atoms with Crippen molar-refractivity contribution < 1.29 is 14.3 Å². The molecule has 2 aromatic heterocycles. The standard InChI is InChI=1S/C19H20N2O3S2/c1-13-3-4-16(17(9-13)24-7-6-23-2)21-18(22)10-15-12-26-19(20-15)14-5-8-25-11-14/h3-5,8-9,11-12H,6-7,10H2,1-2H3,(H,21,22). The molecule has 0 aliphatic heterocycles. The minimum Gasteiger partial charge on any atom is -0.489 e. The second kappa shape index (κ2) is 8.93. The Morgan fingerprint density at radius 3 is 2.88 bits per heavy atom. The number of thiazole rings is 1. The van der Waals surface area contributed by atoms with Crippen LogP contribution in [0.4, 0.5) is 5.69 Å². The van der Waals surface area contributed by atoms with Crippen LogP contribution in [0.1, 0.15) is 11.3 Å². The molecule has 0 bridgehead atoms. The molecule has 0 fully saturated rings. The van der Waals surface area contributed by atoms with E-state index in [0.29, 0.717) is 24.7 Å². The fourth-order valence-corrected chi connectivity index (χ4v) is 3.88. The van der Waals surface area contributed by atoms with Gasteiger partial charge in [0, 0.05) is 23.4 Å². The molecule has 0 unspecified atom stereocenters. The predicted molar refractivity (Wildman–Crippen MR) is 106 cm³/mol. The SMILES string of the molecule is COCCOc1cc(C)ccc1NC(=O)Cc1csc(-c2ccsc2)n1. The average molecular weight is 389 g/mol. The highest BCUT2D eigenvalue weighted by molar-refractivity contribution is 7.14. The van der Waals surface area contributed by atoms with E-state index in [1.807, 2.05) is 41.9 Å². The van der Waals surface area contributed by atoms with Gasteiger partial charge in [-0.15, -0.1) is 11.3 Å². The number of aryl methyl sites for hydroxylation is 1. The Labute approximate surface area is 160 Å². The molecule has 1 aromatic carbocycles. The first kappa shape index (κ1) is 18.6. The minimum absolute atomic E-state index is 0.118. The second-order valence-corrected chi connectivity index (χ2v) is 7.36. The normalized spacial score (nSPS) is 10.7. The number of rotatable bonds is 8. The number of ether oxygens (including phenoxy) is 2. The lowest BCUT2D eigenvalue weighted by molar-refractivity contribution is -0.115. The number of aromatic nitrogens is 1. The van der Waals surface area contributed by atoms with Gasteiger partial charge in [0.05, 0.1) is 24.4 Å². The van der Waals surface area contributed by atoms with E-state index in [9.17, 15) is 4.79 Å². The van der Waals surface area contributed by atoms with Gasteiger partial charge in [0.25, 0.3) is 0 Å². The van der Waals surface area contributed by atoms with Crippen LogP contribution in [-0.4, -0.2) is 31.2 Å². The molecule has 0 spiro atoms. The summed E-state index contributed by atoms with van der Waals surface area (Å²) in [6.07, 6.45) is 0.228. The zero-order valence-corrected chi connectivity index (χ0v) is 16.3. The number of carbonyl (C=O) groups excluding carboxylic acids is 1. The van der Waals surface area contributed by atoms with Crippen molar-refractivity contribution in [2.24, 2.45) is 0 Å². The molecule has 0 atom stereocenters. The number of anilines is 1. The number of carbonyl (C=O) groups is 1. The van der Waals surface area contributed by atoms with Crippen LogP contribution >= 0.6 is 22.7 Å². The van der Waals surface area contributed by atoms with Crippen molar-refractivity contribution in [2.45, 2.75) is 13.3 Å². The van der Waals surface area contributed by atoms with Crippen molar-refractivity contribution in [3.63, 3.8) is 0 Å². The fraction of sp³-hybridized carbons (Fsp3) is 0.263. The summed E-state index contributed by atoms with van der Waals surface area (Å²) in [6.45, 7) is 2.90. The van der Waals surface area contributed by atoms with Crippen molar-refractivity contribution in [1.82, 2.24) is 4.98 Å². The maximum absolute atomic E-state index is 12.4. The Hall–Kier alpha value is -2.22. The molecule has 5 nitrogen and oxygen atoms in total. The Bertz CT molecular complexity index is 860. The van der Waals surface area contributed by atoms with Gasteiger partial charge in [-0.3, -0.25) is 4.79 Å². The smallest absolute Gasteiger partial charge is 0.230 e. The zero-order valence-electron chi connectivity index (χ0n) is 14.7. The molecular formula is C19H20N2O3S2. The minimum atomic E-state index is -0.118. The van der Waals surface area contributed by atoms with E-state index in [1.165, 1.54) is 0 Å². The Morgan fingerprint density at radius 1 is 1.23 bits per heavy atom. The summed E-state index contributed by atoms with van der Waals surface area (Å²) in [7, 11) is 1.63. The van der Waals surface area contributed by atoms with Crippen molar-refractivity contribution in [3.8, 4) is 16.3 Å². The molecule has 3 aromatic rings. The van der Waals surface area contributed by atoms with Gasteiger partial charge in [-0.1, -0.05) is 6.07 Å². The second-order valence-electron chi connectivity index (χ2n) is 5.72. The highest BCUT2D eigenvalue weighted by Crippen LogP contribution is 2.27. The van der Waals surface area contributed by atoms with Gasteiger partial charge < -0.3 is 14.8 Å². The number of thiophene rings is 1. The quantitative estimate of drug-likeness (QED) is 0.582. The molecule has 0 saturated heterocycles. The number of methoxy groups -OCH3 is 1. The first-order valence-corrected chi connectivity index (χ1v) is 9.97. The first-order chi connectivity index (χ1) is 12.7. The van der Waals surface area contributed by atoms with Crippen molar-refractivity contribution in [3.05, 3.63) is 51.7 Å². The lowest BCUT2D eigenvalue weighted by Gasteiger charge is -2.13. The van der Waals surface area contributed by atoms with Gasteiger partial charge in [-0.2, -0.15) is 11.3 Å². The molecular weight excluding hydrogens is 368 g/mol. The van der Waals surface area contributed by atoms with Gasteiger partial charge in [-0.05, 0) is 36.1 Å². The largest absolute Gasteiger partial charge is 0.489 e. The van der Waals surface area contributed by atoms with E-state index in [0.717, 1.165) is 21.8 Å². The summed E-state index contributed by atoms with van der Waals surface area (Å²) >= 11 is 3.19. The van der Waals surface area contributed by atoms with Gasteiger partial charge in [0.2, 0.25) is 5.91 Å². The van der Waals surface area contributed by atoms with Crippen LogP contribution in [-0.2, 0) is 16.0 Å². The number of hydrogen-bond acceptors (Lipinski definition) is 6. The zero-order chi connectivity index (χ0) is 18.4. The molecule has 7 heteroatoms. The number of nitrogens with zero attached hydrogens (tertiary/aromatic N) is 1. The number of nitrogens with one attached hydrogen (secondary N) is 1. The molecule has 1 N–H and O–H groups in total. The maximum Gasteiger partial charge on any atom is 0.230 e. The third-order valence-corrected chi connectivity index (χ3v) is 5.24. The molecule has 1 amide bonds.